The number of imide groups is 1. The largest absolute Gasteiger partial charge is 0.368 e. The third kappa shape index (κ3) is 5.30. The molecule has 4 amide bonds. The minimum atomic E-state index is -1.64. The van der Waals surface area contributed by atoms with Crippen LogP contribution in [0.3, 0.4) is 0 Å². The van der Waals surface area contributed by atoms with Gasteiger partial charge in [-0.15, -0.1) is 5.10 Å². The van der Waals surface area contributed by atoms with Crippen molar-refractivity contribution >= 4 is 23.6 Å². The number of nitrogens with zero attached hydrogens (tertiary/aromatic N) is 3. The Morgan fingerprint density at radius 3 is 2.21 bits per heavy atom. The number of carbonyl (C=O) groups is 4. The molecule has 0 aliphatic carbocycles. The standard InChI is InChI=1S/C32H31N5O5/c1-20-10-9-11-22(16-20)19-27-28(35-36-42-27)26(38)18-21(2)17-25(29(33)39)37-31(41)34-30(40)32(37,23-12-5-3-6-13-23)24-14-7-4-8-15-24/h3-16,21,25H,17-19H2,1-2H3,(H2,33,39)(H,34,40,41)/t21-,25?/m0/s1. The molecule has 3 N–H and O–H groups in total. The van der Waals surface area contributed by atoms with Gasteiger partial charge in [0.15, 0.2) is 22.8 Å². The van der Waals surface area contributed by atoms with Crippen LogP contribution in [0.2, 0.25) is 0 Å². The average molecular weight is 566 g/mol. The molecule has 5 rings (SSSR count). The maximum Gasteiger partial charge on any atom is 0.326 e. The highest BCUT2D eigenvalue weighted by Crippen LogP contribution is 2.42. The van der Waals surface area contributed by atoms with Gasteiger partial charge in [0.2, 0.25) is 5.91 Å². The highest BCUT2D eigenvalue weighted by atomic mass is 16.5. The van der Waals surface area contributed by atoms with E-state index < -0.39 is 35.3 Å². The molecule has 4 aromatic rings. The Kier molecular flexibility index (Phi) is 7.97. The number of amides is 4. The lowest BCUT2D eigenvalue weighted by Crippen LogP contribution is -2.57. The van der Waals surface area contributed by atoms with E-state index in [9.17, 15) is 19.2 Å². The van der Waals surface area contributed by atoms with Crippen LogP contribution in [0.5, 0.6) is 0 Å². The summed E-state index contributed by atoms with van der Waals surface area (Å²) in [5, 5.41) is 9.94. The monoisotopic (exact) mass is 565 g/mol. The number of hydrogen-bond donors (Lipinski definition) is 2. The lowest BCUT2D eigenvalue weighted by molar-refractivity contribution is -0.129. The summed E-state index contributed by atoms with van der Waals surface area (Å²) in [5.74, 6) is -1.77. The molecular formula is C32H31N5O5. The predicted octanol–water partition coefficient (Wildman–Crippen LogP) is 3.92. The Hall–Kier alpha value is -5.12. The summed E-state index contributed by atoms with van der Waals surface area (Å²) in [4.78, 5) is 54.6. The molecule has 1 unspecified atom stereocenters. The topological polar surface area (TPSA) is 148 Å². The molecule has 10 heteroatoms. The number of aryl methyl sites for hydroxylation is 1. The highest BCUT2D eigenvalue weighted by Gasteiger charge is 2.58. The zero-order valence-electron chi connectivity index (χ0n) is 23.3. The van der Waals surface area contributed by atoms with Crippen LogP contribution in [0.1, 0.15) is 58.3 Å². The summed E-state index contributed by atoms with van der Waals surface area (Å²) in [6, 6.07) is 23.4. The van der Waals surface area contributed by atoms with Gasteiger partial charge in [-0.05, 0) is 36.0 Å². The molecule has 0 spiro atoms. The number of benzene rings is 3. The molecular weight excluding hydrogens is 534 g/mol. The van der Waals surface area contributed by atoms with Crippen molar-refractivity contribution in [1.29, 1.82) is 0 Å². The second-order valence-electron chi connectivity index (χ2n) is 10.7. The number of ketones is 1. The van der Waals surface area contributed by atoms with Crippen molar-refractivity contribution in [2.24, 2.45) is 11.7 Å². The van der Waals surface area contributed by atoms with Gasteiger partial charge in [-0.1, -0.05) is 97.4 Å². The van der Waals surface area contributed by atoms with E-state index in [1.54, 1.807) is 67.6 Å². The molecule has 1 aromatic heterocycles. The first-order chi connectivity index (χ1) is 20.2. The molecule has 0 bridgehead atoms. The van der Waals surface area contributed by atoms with Crippen LogP contribution in [-0.2, 0) is 21.5 Å². The maximum absolute atomic E-state index is 13.7. The Bertz CT molecular complexity index is 1580. The molecule has 1 saturated heterocycles. The fourth-order valence-corrected chi connectivity index (χ4v) is 5.72. The number of hydrogen-bond acceptors (Lipinski definition) is 7. The third-order valence-corrected chi connectivity index (χ3v) is 7.58. The number of nitrogens with two attached hydrogens (primary N) is 1. The van der Waals surface area contributed by atoms with E-state index in [0.717, 1.165) is 11.1 Å². The van der Waals surface area contributed by atoms with Crippen molar-refractivity contribution in [2.45, 2.75) is 44.7 Å². The van der Waals surface area contributed by atoms with Gasteiger partial charge < -0.3 is 10.3 Å². The van der Waals surface area contributed by atoms with Crippen molar-refractivity contribution in [3.8, 4) is 0 Å². The van der Waals surface area contributed by atoms with E-state index in [1.165, 1.54) is 4.90 Å². The first-order valence-corrected chi connectivity index (χ1v) is 13.7. The molecule has 1 fully saturated rings. The quantitative estimate of drug-likeness (QED) is 0.207. The third-order valence-electron chi connectivity index (χ3n) is 7.58. The summed E-state index contributed by atoms with van der Waals surface area (Å²) in [6.07, 6.45) is 0.369. The number of Topliss-reactive ketones (excluding diaryl/α,β-unsaturated/α-hetero) is 1. The van der Waals surface area contributed by atoms with E-state index in [4.69, 9.17) is 10.3 Å². The van der Waals surface area contributed by atoms with Crippen LogP contribution in [-0.4, -0.2) is 44.9 Å². The number of urea groups is 1. The lowest BCUT2D eigenvalue weighted by atomic mass is 9.79. The van der Waals surface area contributed by atoms with Gasteiger partial charge in [0.1, 0.15) is 6.04 Å². The van der Waals surface area contributed by atoms with Crippen LogP contribution < -0.4 is 11.1 Å². The Morgan fingerprint density at radius 2 is 1.62 bits per heavy atom. The van der Waals surface area contributed by atoms with Crippen molar-refractivity contribution in [2.75, 3.05) is 0 Å². The Labute approximate surface area is 242 Å². The van der Waals surface area contributed by atoms with Gasteiger partial charge in [-0.25, -0.2) is 4.79 Å². The van der Waals surface area contributed by atoms with E-state index in [2.05, 4.69) is 15.7 Å². The molecule has 2 heterocycles. The zero-order valence-corrected chi connectivity index (χ0v) is 23.3. The molecule has 3 aromatic carbocycles. The summed E-state index contributed by atoms with van der Waals surface area (Å²) in [6.45, 7) is 3.76. The number of primary amides is 1. The van der Waals surface area contributed by atoms with Gasteiger partial charge in [0.05, 0.1) is 0 Å². The van der Waals surface area contributed by atoms with Gasteiger partial charge in [-0.3, -0.25) is 24.6 Å². The molecule has 0 saturated carbocycles. The molecule has 214 valence electrons. The lowest BCUT2D eigenvalue weighted by Gasteiger charge is -2.40. The summed E-state index contributed by atoms with van der Waals surface area (Å²) < 4.78 is 5.31. The van der Waals surface area contributed by atoms with Crippen LogP contribution >= 0.6 is 0 Å². The zero-order chi connectivity index (χ0) is 29.9. The Balaban J connectivity index is 1.43. The number of nitrogens with one attached hydrogen (secondary N) is 1. The van der Waals surface area contributed by atoms with E-state index in [1.807, 2.05) is 31.2 Å². The van der Waals surface area contributed by atoms with Gasteiger partial charge >= 0.3 is 6.03 Å². The fourth-order valence-electron chi connectivity index (χ4n) is 5.72. The minimum absolute atomic E-state index is 0.00805. The normalized spacial score (nSPS) is 15.7. The molecule has 2 atom stereocenters. The van der Waals surface area contributed by atoms with Crippen molar-refractivity contribution in [3.63, 3.8) is 0 Å². The minimum Gasteiger partial charge on any atom is -0.368 e. The van der Waals surface area contributed by atoms with E-state index in [-0.39, 0.29) is 24.3 Å². The maximum atomic E-state index is 13.7. The number of carbonyl (C=O) groups excluding carboxylic acids is 4. The summed E-state index contributed by atoms with van der Waals surface area (Å²) in [5.41, 5.74) is 7.42. The molecule has 1 aliphatic rings. The second-order valence-corrected chi connectivity index (χ2v) is 10.7. The van der Waals surface area contributed by atoms with Crippen molar-refractivity contribution in [3.05, 3.63) is 119 Å². The van der Waals surface area contributed by atoms with E-state index >= 15 is 0 Å². The van der Waals surface area contributed by atoms with Crippen LogP contribution in [0, 0.1) is 12.8 Å². The molecule has 1 aliphatic heterocycles. The average Bonchev–Trinajstić information content (AvgIpc) is 3.54. The second kappa shape index (κ2) is 11.8. The van der Waals surface area contributed by atoms with E-state index in [0.29, 0.717) is 23.3 Å². The number of rotatable bonds is 11. The first-order valence-electron chi connectivity index (χ1n) is 13.7. The molecule has 10 nitrogen and oxygen atoms in total. The smallest absolute Gasteiger partial charge is 0.326 e. The molecule has 42 heavy (non-hydrogen) atoms. The van der Waals surface area contributed by atoms with Gasteiger partial charge in [0, 0.05) is 18.1 Å². The van der Waals surface area contributed by atoms with Gasteiger partial charge in [-0.2, -0.15) is 0 Å². The first kappa shape index (κ1) is 28.4. The van der Waals surface area contributed by atoms with Crippen LogP contribution in [0.4, 0.5) is 4.79 Å². The molecule has 0 radical (unpaired) electrons. The van der Waals surface area contributed by atoms with Crippen LogP contribution in [0.25, 0.3) is 0 Å². The summed E-state index contributed by atoms with van der Waals surface area (Å²) in [7, 11) is 0. The van der Waals surface area contributed by atoms with Gasteiger partial charge in [0.25, 0.3) is 5.91 Å². The summed E-state index contributed by atoms with van der Waals surface area (Å²) >= 11 is 0. The van der Waals surface area contributed by atoms with Crippen molar-refractivity contribution in [1.82, 2.24) is 20.6 Å². The van der Waals surface area contributed by atoms with Crippen LogP contribution in [0.15, 0.2) is 89.5 Å². The Morgan fingerprint density at radius 1 is 0.976 bits per heavy atom. The SMILES string of the molecule is Cc1cccc(Cc2onnc2C(=O)C[C@@H](C)CC(C(N)=O)N2C(=O)NC(=O)C2(c2ccccc2)c2ccccc2)c1. The number of aromatic nitrogens is 2. The highest BCUT2D eigenvalue weighted by molar-refractivity contribution is 6.11. The van der Waals surface area contributed by atoms with Crippen molar-refractivity contribution < 1.29 is 23.7 Å². The fraction of sp³-hybridized carbons (Fsp3) is 0.250. The predicted molar refractivity (Wildman–Crippen MR) is 153 cm³/mol.